The number of aryl methyl sites for hydroxylation is 1. The SMILES string of the molecule is CCCn1nc(C(=O)NCc2cccc(OCc3ccccn3)c2)ccc1=O. The molecule has 2 heterocycles. The highest BCUT2D eigenvalue weighted by molar-refractivity contribution is 5.91. The summed E-state index contributed by atoms with van der Waals surface area (Å²) in [4.78, 5) is 28.3. The maximum atomic E-state index is 12.4. The molecule has 0 unspecified atom stereocenters. The molecule has 0 fully saturated rings. The van der Waals surface area contributed by atoms with Gasteiger partial charge in [0.15, 0.2) is 0 Å². The van der Waals surface area contributed by atoms with Gasteiger partial charge in [0.25, 0.3) is 11.5 Å². The predicted octanol–water partition coefficient (Wildman–Crippen LogP) is 2.56. The lowest BCUT2D eigenvalue weighted by Gasteiger charge is -2.09. The van der Waals surface area contributed by atoms with E-state index >= 15 is 0 Å². The van der Waals surface area contributed by atoms with Gasteiger partial charge in [-0.2, -0.15) is 5.10 Å². The van der Waals surface area contributed by atoms with Gasteiger partial charge in [0.05, 0.1) is 5.69 Å². The lowest BCUT2D eigenvalue weighted by Crippen LogP contribution is -2.29. The molecule has 1 aromatic carbocycles. The molecule has 0 spiro atoms. The fraction of sp³-hybridized carbons (Fsp3) is 0.238. The molecule has 0 aliphatic heterocycles. The van der Waals surface area contributed by atoms with Crippen LogP contribution in [0.5, 0.6) is 5.75 Å². The molecule has 0 atom stereocenters. The van der Waals surface area contributed by atoms with E-state index in [2.05, 4.69) is 15.4 Å². The summed E-state index contributed by atoms with van der Waals surface area (Å²) in [6.45, 7) is 3.13. The van der Waals surface area contributed by atoms with Crippen molar-refractivity contribution in [1.29, 1.82) is 0 Å². The highest BCUT2D eigenvalue weighted by Crippen LogP contribution is 2.14. The number of ether oxygens (including phenoxy) is 1. The van der Waals surface area contributed by atoms with Crippen LogP contribution in [-0.2, 0) is 19.7 Å². The van der Waals surface area contributed by atoms with Gasteiger partial charge >= 0.3 is 0 Å². The first kappa shape index (κ1) is 19.3. The molecular formula is C21H22N4O3. The van der Waals surface area contributed by atoms with Crippen LogP contribution >= 0.6 is 0 Å². The summed E-state index contributed by atoms with van der Waals surface area (Å²) >= 11 is 0. The van der Waals surface area contributed by atoms with E-state index < -0.39 is 0 Å². The Hall–Kier alpha value is -3.48. The van der Waals surface area contributed by atoms with E-state index in [9.17, 15) is 9.59 Å². The average molecular weight is 378 g/mol. The molecule has 2 aromatic heterocycles. The van der Waals surface area contributed by atoms with Gasteiger partial charge in [-0.25, -0.2) is 4.68 Å². The second-order valence-electron chi connectivity index (χ2n) is 6.22. The van der Waals surface area contributed by atoms with Gasteiger partial charge in [0.1, 0.15) is 18.1 Å². The van der Waals surface area contributed by atoms with Gasteiger partial charge in [0, 0.05) is 25.4 Å². The van der Waals surface area contributed by atoms with Gasteiger partial charge in [-0.3, -0.25) is 14.6 Å². The van der Waals surface area contributed by atoms with Gasteiger partial charge in [-0.1, -0.05) is 25.1 Å². The number of carbonyl (C=O) groups excluding carboxylic acids is 1. The fourth-order valence-electron chi connectivity index (χ4n) is 2.60. The van der Waals surface area contributed by atoms with Crippen LogP contribution in [0.1, 0.15) is 35.1 Å². The minimum Gasteiger partial charge on any atom is -0.487 e. The molecule has 28 heavy (non-hydrogen) atoms. The number of hydrogen-bond acceptors (Lipinski definition) is 5. The molecule has 1 N–H and O–H groups in total. The van der Waals surface area contributed by atoms with E-state index in [-0.39, 0.29) is 17.2 Å². The van der Waals surface area contributed by atoms with Gasteiger partial charge in [0.2, 0.25) is 0 Å². The molecule has 7 nitrogen and oxygen atoms in total. The van der Waals surface area contributed by atoms with Crippen molar-refractivity contribution < 1.29 is 9.53 Å². The normalized spacial score (nSPS) is 10.5. The average Bonchev–Trinajstić information content (AvgIpc) is 2.73. The Kier molecular flexibility index (Phi) is 6.51. The summed E-state index contributed by atoms with van der Waals surface area (Å²) in [6, 6.07) is 16.0. The summed E-state index contributed by atoms with van der Waals surface area (Å²) < 4.78 is 7.06. The second-order valence-corrected chi connectivity index (χ2v) is 6.22. The van der Waals surface area contributed by atoms with Crippen LogP contribution in [0.25, 0.3) is 0 Å². The molecular weight excluding hydrogens is 356 g/mol. The maximum absolute atomic E-state index is 12.4. The summed E-state index contributed by atoms with van der Waals surface area (Å²) in [5, 5.41) is 6.94. The lowest BCUT2D eigenvalue weighted by molar-refractivity contribution is 0.0943. The Morgan fingerprint density at radius 1 is 1.14 bits per heavy atom. The zero-order valence-corrected chi connectivity index (χ0v) is 15.7. The number of carbonyl (C=O) groups is 1. The zero-order chi connectivity index (χ0) is 19.8. The number of nitrogens with zero attached hydrogens (tertiary/aromatic N) is 3. The molecule has 0 saturated carbocycles. The van der Waals surface area contributed by atoms with Crippen molar-refractivity contribution in [3.63, 3.8) is 0 Å². The molecule has 0 radical (unpaired) electrons. The first-order valence-corrected chi connectivity index (χ1v) is 9.13. The number of nitrogens with one attached hydrogen (secondary N) is 1. The molecule has 3 aromatic rings. The number of aromatic nitrogens is 3. The highest BCUT2D eigenvalue weighted by atomic mass is 16.5. The van der Waals surface area contributed by atoms with Crippen LogP contribution in [0.3, 0.4) is 0 Å². The molecule has 1 amide bonds. The van der Waals surface area contributed by atoms with Crippen molar-refractivity contribution in [3.05, 3.63) is 88.1 Å². The number of amides is 1. The van der Waals surface area contributed by atoms with Crippen molar-refractivity contribution in [2.24, 2.45) is 0 Å². The fourth-order valence-corrected chi connectivity index (χ4v) is 2.60. The third-order valence-electron chi connectivity index (χ3n) is 4.00. The van der Waals surface area contributed by atoms with E-state index in [1.165, 1.54) is 16.8 Å². The standard InChI is InChI=1S/C21H22N4O3/c1-2-12-25-20(26)10-9-19(24-25)21(27)23-14-16-6-5-8-18(13-16)28-15-17-7-3-4-11-22-17/h3-11,13H,2,12,14-15H2,1H3,(H,23,27). The summed E-state index contributed by atoms with van der Waals surface area (Å²) in [5.74, 6) is 0.372. The monoisotopic (exact) mass is 378 g/mol. The van der Waals surface area contributed by atoms with Gasteiger partial charge in [-0.05, 0) is 42.3 Å². The van der Waals surface area contributed by atoms with Crippen molar-refractivity contribution in [3.8, 4) is 5.75 Å². The Balaban J connectivity index is 1.59. The molecule has 144 valence electrons. The van der Waals surface area contributed by atoms with Gasteiger partial charge < -0.3 is 10.1 Å². The third kappa shape index (κ3) is 5.26. The van der Waals surface area contributed by atoms with Crippen molar-refractivity contribution in [1.82, 2.24) is 20.1 Å². The Bertz CT molecular complexity index is 986. The minimum atomic E-state index is -0.329. The van der Waals surface area contributed by atoms with E-state index in [0.29, 0.717) is 25.4 Å². The van der Waals surface area contributed by atoms with E-state index in [4.69, 9.17) is 4.74 Å². The van der Waals surface area contributed by atoms with Crippen molar-refractivity contribution in [2.75, 3.05) is 0 Å². The van der Waals surface area contributed by atoms with E-state index in [0.717, 1.165) is 17.7 Å². The topological polar surface area (TPSA) is 86.1 Å². The Labute approximate surface area is 163 Å². The summed E-state index contributed by atoms with van der Waals surface area (Å²) in [5.41, 5.74) is 1.75. The third-order valence-corrected chi connectivity index (χ3v) is 4.00. The second kappa shape index (κ2) is 9.45. The summed E-state index contributed by atoms with van der Waals surface area (Å²) in [6.07, 6.45) is 2.49. The van der Waals surface area contributed by atoms with Crippen LogP contribution in [0, 0.1) is 0 Å². The highest BCUT2D eigenvalue weighted by Gasteiger charge is 2.09. The van der Waals surface area contributed by atoms with Crippen LogP contribution in [0.2, 0.25) is 0 Å². The number of hydrogen-bond donors (Lipinski definition) is 1. The molecule has 3 rings (SSSR count). The minimum absolute atomic E-state index is 0.212. The van der Waals surface area contributed by atoms with E-state index in [1.807, 2.05) is 49.4 Å². The van der Waals surface area contributed by atoms with Crippen LogP contribution < -0.4 is 15.6 Å². The lowest BCUT2D eigenvalue weighted by atomic mass is 10.2. The smallest absolute Gasteiger partial charge is 0.271 e. The molecule has 7 heteroatoms. The largest absolute Gasteiger partial charge is 0.487 e. The molecule has 0 aliphatic carbocycles. The van der Waals surface area contributed by atoms with Crippen LogP contribution in [0.15, 0.2) is 65.6 Å². The van der Waals surface area contributed by atoms with Crippen molar-refractivity contribution >= 4 is 5.91 Å². The Morgan fingerprint density at radius 3 is 2.82 bits per heavy atom. The van der Waals surface area contributed by atoms with Crippen molar-refractivity contribution in [2.45, 2.75) is 33.0 Å². The molecule has 0 aliphatic rings. The van der Waals surface area contributed by atoms with Crippen LogP contribution in [-0.4, -0.2) is 20.7 Å². The van der Waals surface area contributed by atoms with Gasteiger partial charge in [-0.15, -0.1) is 0 Å². The van der Waals surface area contributed by atoms with Crippen LogP contribution in [0.4, 0.5) is 0 Å². The number of rotatable bonds is 8. The molecule has 0 saturated heterocycles. The zero-order valence-electron chi connectivity index (χ0n) is 15.7. The quantitative estimate of drug-likeness (QED) is 0.651. The van der Waals surface area contributed by atoms with E-state index in [1.54, 1.807) is 6.20 Å². The first-order valence-electron chi connectivity index (χ1n) is 9.13. The first-order chi connectivity index (χ1) is 13.7. The predicted molar refractivity (Wildman–Crippen MR) is 105 cm³/mol. The number of pyridine rings is 1. The molecule has 0 bridgehead atoms. The maximum Gasteiger partial charge on any atom is 0.271 e. The summed E-state index contributed by atoms with van der Waals surface area (Å²) in [7, 11) is 0. The Morgan fingerprint density at radius 2 is 2.04 bits per heavy atom. The number of benzene rings is 1.